The highest BCUT2D eigenvalue weighted by Gasteiger charge is 2.52. The highest BCUT2D eigenvalue weighted by atomic mass is 32.3. The number of carbonyl (C=O) groups is 3. The molecule has 1 aliphatic carbocycles. The Morgan fingerprint density at radius 1 is 1.19 bits per heavy atom. The van der Waals surface area contributed by atoms with Gasteiger partial charge in [-0.2, -0.15) is 5.10 Å². The Bertz CT molecular complexity index is 1370. The van der Waals surface area contributed by atoms with E-state index >= 15 is 0 Å². The highest BCUT2D eigenvalue weighted by molar-refractivity contribution is 8.33. The normalized spacial score (nSPS) is 18.5. The van der Waals surface area contributed by atoms with Gasteiger partial charge in [0.2, 0.25) is 5.91 Å². The smallest absolute Gasteiger partial charge is 0.436 e. The van der Waals surface area contributed by atoms with Crippen LogP contribution < -0.4 is 10.6 Å². The number of fused-ring (bicyclic) bond motifs is 1. The van der Waals surface area contributed by atoms with Gasteiger partial charge in [0.15, 0.2) is 0 Å². The first kappa shape index (κ1) is 31.8. The summed E-state index contributed by atoms with van der Waals surface area (Å²) in [5.74, 6) is -0.443. The zero-order chi connectivity index (χ0) is 31.3. The minimum Gasteiger partial charge on any atom is -0.448 e. The summed E-state index contributed by atoms with van der Waals surface area (Å²) >= 11 is 0. The number of amides is 3. The standard InChI is InChI=1S/C30H44FN5O5S/c1-9-41-27(39)36-24(33-25(37)30(15-12-16-30)42(6,7)8)20-18-35(29(4,5)23(20)34-36)26(38)32-22(17-28(2,3)40)19-13-10-11-14-21(19)31/h10-11,13-14,22,40H,9,12,15-18H2,1-8H3,(H,32,38)(H,33,37)/t22-/m1/s1. The maximum atomic E-state index is 14.8. The van der Waals surface area contributed by atoms with Gasteiger partial charge in [0.25, 0.3) is 0 Å². The fourth-order valence-electron chi connectivity index (χ4n) is 5.91. The van der Waals surface area contributed by atoms with Crippen molar-refractivity contribution in [1.82, 2.24) is 20.0 Å². The number of urea groups is 1. The minimum absolute atomic E-state index is 0.0467. The van der Waals surface area contributed by atoms with E-state index in [2.05, 4.69) is 34.5 Å². The van der Waals surface area contributed by atoms with Crippen molar-refractivity contribution < 1.29 is 28.6 Å². The molecular weight excluding hydrogens is 561 g/mol. The second kappa shape index (κ2) is 11.2. The van der Waals surface area contributed by atoms with Gasteiger partial charge in [-0.25, -0.2) is 24.0 Å². The molecule has 1 aromatic heterocycles. The molecule has 10 nitrogen and oxygen atoms in total. The lowest BCUT2D eigenvalue weighted by atomic mass is 9.83. The summed E-state index contributed by atoms with van der Waals surface area (Å²) in [7, 11) is -1.28. The largest absolute Gasteiger partial charge is 0.448 e. The Morgan fingerprint density at radius 3 is 2.36 bits per heavy atom. The van der Waals surface area contributed by atoms with Crippen LogP contribution in [0.4, 0.5) is 19.8 Å². The van der Waals surface area contributed by atoms with Crippen LogP contribution in [0.1, 0.15) is 83.2 Å². The van der Waals surface area contributed by atoms with Gasteiger partial charge in [-0.1, -0.05) is 18.2 Å². The molecule has 4 rings (SSSR count). The van der Waals surface area contributed by atoms with Crippen LogP contribution in [0, 0.1) is 5.82 Å². The van der Waals surface area contributed by atoms with Crippen LogP contribution in [0.5, 0.6) is 0 Å². The molecule has 2 heterocycles. The molecule has 1 atom stereocenters. The lowest BCUT2D eigenvalue weighted by molar-refractivity contribution is -0.120. The van der Waals surface area contributed by atoms with E-state index < -0.39 is 49.9 Å². The van der Waals surface area contributed by atoms with Crippen molar-refractivity contribution in [3.8, 4) is 0 Å². The van der Waals surface area contributed by atoms with E-state index in [1.165, 1.54) is 6.07 Å². The van der Waals surface area contributed by atoms with Crippen molar-refractivity contribution in [3.05, 3.63) is 46.9 Å². The summed E-state index contributed by atoms with van der Waals surface area (Å²) in [6.07, 6.45) is 8.21. The second-order valence-electron chi connectivity index (χ2n) is 13.1. The Labute approximate surface area is 248 Å². The van der Waals surface area contributed by atoms with E-state index in [1.54, 1.807) is 57.7 Å². The number of aromatic nitrogens is 2. The number of nitrogens with one attached hydrogen (secondary N) is 2. The molecule has 2 aliphatic rings. The molecule has 12 heteroatoms. The first-order valence-corrected chi connectivity index (χ1v) is 17.1. The predicted molar refractivity (Wildman–Crippen MR) is 162 cm³/mol. The topological polar surface area (TPSA) is 126 Å². The number of carbonyl (C=O) groups excluding carboxylic acids is 3. The van der Waals surface area contributed by atoms with Crippen molar-refractivity contribution in [1.29, 1.82) is 0 Å². The van der Waals surface area contributed by atoms with E-state index in [0.717, 1.165) is 23.9 Å². The van der Waals surface area contributed by atoms with Gasteiger partial charge < -0.3 is 25.4 Å². The van der Waals surface area contributed by atoms with E-state index in [-0.39, 0.29) is 36.9 Å². The van der Waals surface area contributed by atoms with Crippen LogP contribution in [0.25, 0.3) is 0 Å². The monoisotopic (exact) mass is 605 g/mol. The van der Waals surface area contributed by atoms with Gasteiger partial charge in [-0.3, -0.25) is 4.79 Å². The zero-order valence-electron chi connectivity index (χ0n) is 25.8. The van der Waals surface area contributed by atoms with Crippen molar-refractivity contribution in [2.75, 3.05) is 30.7 Å². The molecule has 0 radical (unpaired) electrons. The third-order valence-corrected chi connectivity index (χ3v) is 11.4. The summed E-state index contributed by atoms with van der Waals surface area (Å²) in [6.45, 7) is 8.66. The molecule has 2 aromatic rings. The molecular formula is C30H44FN5O5S. The third kappa shape index (κ3) is 5.75. The van der Waals surface area contributed by atoms with E-state index in [0.29, 0.717) is 11.3 Å². The highest BCUT2D eigenvalue weighted by Crippen LogP contribution is 2.61. The lowest BCUT2D eigenvalue weighted by Crippen LogP contribution is -2.52. The summed E-state index contributed by atoms with van der Waals surface area (Å²) in [5, 5.41) is 21.0. The first-order valence-electron chi connectivity index (χ1n) is 14.3. The van der Waals surface area contributed by atoms with Gasteiger partial charge >= 0.3 is 12.1 Å². The van der Waals surface area contributed by atoms with Crippen LogP contribution in [-0.4, -0.2) is 73.5 Å². The SMILES string of the molecule is CCOC(=O)n1nc2c(c1NC(=O)C1(S(C)(C)C)CCC1)CN(C(=O)N[C@H](CC(C)(C)O)c1ccccc1F)C2(C)C. The lowest BCUT2D eigenvalue weighted by Gasteiger charge is -2.53. The molecule has 0 spiro atoms. The maximum Gasteiger partial charge on any atom is 0.436 e. The summed E-state index contributed by atoms with van der Waals surface area (Å²) in [5.41, 5.74) is -0.919. The number of halogens is 1. The Kier molecular flexibility index (Phi) is 8.47. The zero-order valence-corrected chi connectivity index (χ0v) is 26.7. The van der Waals surface area contributed by atoms with Gasteiger partial charge in [0.05, 0.1) is 40.8 Å². The number of ether oxygens (including phenoxy) is 1. The second-order valence-corrected chi connectivity index (χ2v) is 17.6. The van der Waals surface area contributed by atoms with E-state index in [9.17, 15) is 23.9 Å². The number of aliphatic hydroxyl groups is 1. The third-order valence-electron chi connectivity index (χ3n) is 8.50. The van der Waals surface area contributed by atoms with Gasteiger partial charge in [0, 0.05) is 17.5 Å². The van der Waals surface area contributed by atoms with Crippen LogP contribution >= 0.6 is 10.0 Å². The molecule has 1 aromatic carbocycles. The van der Waals surface area contributed by atoms with Crippen LogP contribution in [0.15, 0.2) is 24.3 Å². The molecule has 232 valence electrons. The van der Waals surface area contributed by atoms with Crippen molar-refractivity contribution in [2.45, 2.75) is 88.8 Å². The Balaban J connectivity index is 1.68. The molecule has 3 N–H and O–H groups in total. The average molecular weight is 606 g/mol. The fraction of sp³-hybridized carbons (Fsp3) is 0.600. The van der Waals surface area contributed by atoms with Crippen molar-refractivity contribution in [3.63, 3.8) is 0 Å². The number of hydrogen-bond donors (Lipinski definition) is 3. The molecule has 1 fully saturated rings. The van der Waals surface area contributed by atoms with Crippen LogP contribution in [0.3, 0.4) is 0 Å². The molecule has 1 saturated carbocycles. The van der Waals surface area contributed by atoms with Gasteiger partial charge in [-0.05, 0) is 78.7 Å². The van der Waals surface area contributed by atoms with E-state index in [4.69, 9.17) is 4.74 Å². The molecule has 0 saturated heterocycles. The molecule has 3 amide bonds. The number of benzene rings is 1. The Hall–Kier alpha value is -3.12. The predicted octanol–water partition coefficient (Wildman–Crippen LogP) is 5.24. The summed E-state index contributed by atoms with van der Waals surface area (Å²) in [6, 6.07) is 4.84. The minimum atomic E-state index is -1.28. The molecule has 0 bridgehead atoms. The number of nitrogens with zero attached hydrogens (tertiary/aromatic N) is 3. The number of hydrogen-bond acceptors (Lipinski definition) is 6. The maximum absolute atomic E-state index is 14.8. The van der Waals surface area contributed by atoms with Gasteiger partial charge in [0.1, 0.15) is 11.6 Å². The Morgan fingerprint density at radius 2 is 1.83 bits per heavy atom. The van der Waals surface area contributed by atoms with Gasteiger partial charge in [-0.15, -0.1) is 4.68 Å². The van der Waals surface area contributed by atoms with Crippen molar-refractivity contribution in [2.24, 2.45) is 0 Å². The number of rotatable bonds is 8. The number of anilines is 1. The summed E-state index contributed by atoms with van der Waals surface area (Å²) < 4.78 is 20.6. The quantitative estimate of drug-likeness (QED) is 0.378. The molecule has 1 aliphatic heterocycles. The fourth-order valence-corrected chi connectivity index (χ4v) is 8.03. The molecule has 42 heavy (non-hydrogen) atoms. The van der Waals surface area contributed by atoms with Crippen molar-refractivity contribution >= 4 is 33.9 Å². The molecule has 0 unspecified atom stereocenters. The van der Waals surface area contributed by atoms with Crippen LogP contribution in [0.2, 0.25) is 0 Å². The summed E-state index contributed by atoms with van der Waals surface area (Å²) in [4.78, 5) is 42.1. The average Bonchev–Trinajstić information content (AvgIpc) is 3.30. The van der Waals surface area contributed by atoms with Crippen LogP contribution in [-0.2, 0) is 21.6 Å². The first-order chi connectivity index (χ1) is 19.4. The van der Waals surface area contributed by atoms with E-state index in [1.807, 2.05) is 0 Å².